The molecule has 3 aliphatic rings. The van der Waals surface area contributed by atoms with E-state index in [1.807, 2.05) is 12.3 Å². The Morgan fingerprint density at radius 2 is 2.16 bits per heavy atom. The van der Waals surface area contributed by atoms with Crippen LogP contribution in [0, 0.1) is 0 Å². The van der Waals surface area contributed by atoms with Crippen LogP contribution in [0.2, 0.25) is 0 Å². The first kappa shape index (κ1) is 15.3. The molecule has 5 heteroatoms. The average Bonchev–Trinajstić information content (AvgIpc) is 3.40. The lowest BCUT2D eigenvalue weighted by atomic mass is 9.71. The molecule has 1 aliphatic heterocycles. The standard InChI is InChI=1S/C20H18BrN3O/c1-22-18-13-10-23-17(11-5-6-11)9-15(13)20(19(25)24-18)8-7-12-14(20)3-2-4-16(12)21/h2-4,9-11H,5-8H2,1H3,(H,22,24,25)/t20-/m1/s1. The molecule has 5 rings (SSSR count). The minimum atomic E-state index is -0.630. The van der Waals surface area contributed by atoms with Gasteiger partial charge in [-0.3, -0.25) is 14.8 Å². The Balaban J connectivity index is 1.81. The van der Waals surface area contributed by atoms with Gasteiger partial charge in [0.15, 0.2) is 0 Å². The van der Waals surface area contributed by atoms with Crippen LogP contribution in [0.15, 0.2) is 39.9 Å². The van der Waals surface area contributed by atoms with Crippen molar-refractivity contribution >= 4 is 27.7 Å². The van der Waals surface area contributed by atoms with Crippen LogP contribution in [0.5, 0.6) is 0 Å². The van der Waals surface area contributed by atoms with Crippen LogP contribution in [0.25, 0.3) is 0 Å². The SMILES string of the molecule is CN=C1NC(=O)[C@@]2(CCc3c(Br)cccc32)c2cc(C3CC3)ncc21. The molecule has 0 unspecified atom stereocenters. The van der Waals surface area contributed by atoms with Gasteiger partial charge < -0.3 is 5.32 Å². The number of hydrogen-bond donors (Lipinski definition) is 1. The number of carbonyl (C=O) groups is 1. The maximum Gasteiger partial charge on any atom is 0.240 e. The molecule has 1 aromatic heterocycles. The van der Waals surface area contributed by atoms with Gasteiger partial charge in [0.25, 0.3) is 0 Å². The zero-order valence-electron chi connectivity index (χ0n) is 14.0. The molecule has 2 aliphatic carbocycles. The zero-order valence-corrected chi connectivity index (χ0v) is 15.6. The molecule has 4 nitrogen and oxygen atoms in total. The fourth-order valence-electron chi connectivity index (χ4n) is 4.37. The molecule has 1 spiro atoms. The second-order valence-corrected chi connectivity index (χ2v) is 7.98. The molecule has 1 aromatic carbocycles. The number of hydrogen-bond acceptors (Lipinski definition) is 3. The molecule has 0 saturated heterocycles. The van der Waals surface area contributed by atoms with Crippen LogP contribution in [-0.4, -0.2) is 23.8 Å². The molecule has 2 heterocycles. The molecule has 1 saturated carbocycles. The first-order valence-electron chi connectivity index (χ1n) is 8.72. The molecule has 25 heavy (non-hydrogen) atoms. The third-order valence-electron chi connectivity index (χ3n) is 5.81. The number of pyridine rings is 1. The number of amides is 1. The molecule has 1 N–H and O–H groups in total. The second kappa shape index (κ2) is 5.24. The van der Waals surface area contributed by atoms with Crippen molar-refractivity contribution in [2.24, 2.45) is 4.99 Å². The first-order chi connectivity index (χ1) is 12.1. The summed E-state index contributed by atoms with van der Waals surface area (Å²) in [6, 6.07) is 8.35. The highest BCUT2D eigenvalue weighted by molar-refractivity contribution is 9.10. The molecule has 2 aromatic rings. The number of fused-ring (bicyclic) bond motifs is 4. The van der Waals surface area contributed by atoms with E-state index in [2.05, 4.69) is 49.4 Å². The minimum absolute atomic E-state index is 0.0328. The molecular formula is C20H18BrN3O. The van der Waals surface area contributed by atoms with Crippen molar-refractivity contribution in [1.82, 2.24) is 10.3 Å². The third kappa shape index (κ3) is 2.02. The summed E-state index contributed by atoms with van der Waals surface area (Å²) in [4.78, 5) is 22.3. The summed E-state index contributed by atoms with van der Waals surface area (Å²) in [6.45, 7) is 0. The highest BCUT2D eigenvalue weighted by atomic mass is 79.9. The Bertz CT molecular complexity index is 948. The van der Waals surface area contributed by atoms with Gasteiger partial charge in [-0.25, -0.2) is 0 Å². The van der Waals surface area contributed by atoms with E-state index in [0.717, 1.165) is 39.7 Å². The number of rotatable bonds is 1. The van der Waals surface area contributed by atoms with Crippen LogP contribution in [0.4, 0.5) is 0 Å². The van der Waals surface area contributed by atoms with Gasteiger partial charge in [-0.1, -0.05) is 28.1 Å². The smallest absolute Gasteiger partial charge is 0.240 e. The maximum atomic E-state index is 13.3. The van der Waals surface area contributed by atoms with Gasteiger partial charge in [-0.2, -0.15) is 0 Å². The largest absolute Gasteiger partial charge is 0.309 e. The molecule has 0 radical (unpaired) electrons. The van der Waals surface area contributed by atoms with Crippen molar-refractivity contribution in [3.63, 3.8) is 0 Å². The molecule has 1 atom stereocenters. The van der Waals surface area contributed by atoms with E-state index >= 15 is 0 Å². The van der Waals surface area contributed by atoms with Crippen molar-refractivity contribution in [2.45, 2.75) is 37.0 Å². The Labute approximate surface area is 154 Å². The Kier molecular flexibility index (Phi) is 3.20. The number of benzene rings is 1. The van der Waals surface area contributed by atoms with Gasteiger partial charge in [0, 0.05) is 34.9 Å². The normalized spacial score (nSPS) is 25.8. The van der Waals surface area contributed by atoms with Crippen molar-refractivity contribution in [2.75, 3.05) is 7.05 Å². The number of aliphatic imine (C=N–C) groups is 1. The summed E-state index contributed by atoms with van der Waals surface area (Å²) in [6.07, 6.45) is 5.98. The van der Waals surface area contributed by atoms with E-state index in [4.69, 9.17) is 0 Å². The zero-order chi connectivity index (χ0) is 17.2. The van der Waals surface area contributed by atoms with E-state index in [1.165, 1.54) is 18.4 Å². The third-order valence-corrected chi connectivity index (χ3v) is 6.55. The quantitative estimate of drug-likeness (QED) is 0.803. The van der Waals surface area contributed by atoms with Gasteiger partial charge in [0.2, 0.25) is 5.91 Å². The molecular weight excluding hydrogens is 378 g/mol. The van der Waals surface area contributed by atoms with Crippen molar-refractivity contribution in [3.05, 3.63) is 62.9 Å². The molecule has 1 fully saturated rings. The second-order valence-electron chi connectivity index (χ2n) is 7.13. The number of halogens is 1. The highest BCUT2D eigenvalue weighted by Crippen LogP contribution is 2.50. The number of carbonyl (C=O) groups excluding carboxylic acids is 1. The molecule has 126 valence electrons. The Hall–Kier alpha value is -2.01. The summed E-state index contributed by atoms with van der Waals surface area (Å²) in [5.41, 5.74) is 4.88. The van der Waals surface area contributed by atoms with Crippen molar-refractivity contribution in [3.8, 4) is 0 Å². The van der Waals surface area contributed by atoms with Crippen LogP contribution in [-0.2, 0) is 16.6 Å². The number of nitrogens with one attached hydrogen (secondary N) is 1. The van der Waals surface area contributed by atoms with E-state index in [1.54, 1.807) is 7.05 Å². The fraction of sp³-hybridized carbons (Fsp3) is 0.350. The van der Waals surface area contributed by atoms with Crippen LogP contribution in [0.3, 0.4) is 0 Å². The Morgan fingerprint density at radius 1 is 1.32 bits per heavy atom. The highest BCUT2D eigenvalue weighted by Gasteiger charge is 2.51. The van der Waals surface area contributed by atoms with E-state index in [0.29, 0.717) is 11.8 Å². The summed E-state index contributed by atoms with van der Waals surface area (Å²) in [7, 11) is 1.71. The van der Waals surface area contributed by atoms with Crippen molar-refractivity contribution < 1.29 is 4.79 Å². The van der Waals surface area contributed by atoms with Gasteiger partial charge in [-0.05, 0) is 54.5 Å². The summed E-state index contributed by atoms with van der Waals surface area (Å²) < 4.78 is 1.09. The average molecular weight is 396 g/mol. The van der Waals surface area contributed by atoms with Crippen molar-refractivity contribution in [1.29, 1.82) is 0 Å². The Morgan fingerprint density at radius 3 is 2.92 bits per heavy atom. The lowest BCUT2D eigenvalue weighted by Gasteiger charge is -2.36. The number of amidine groups is 1. The van der Waals surface area contributed by atoms with E-state index in [-0.39, 0.29) is 5.91 Å². The lowest BCUT2D eigenvalue weighted by molar-refractivity contribution is -0.124. The monoisotopic (exact) mass is 395 g/mol. The van der Waals surface area contributed by atoms with Crippen LogP contribution >= 0.6 is 15.9 Å². The van der Waals surface area contributed by atoms with Gasteiger partial charge in [-0.15, -0.1) is 0 Å². The van der Waals surface area contributed by atoms with Gasteiger partial charge in [0.1, 0.15) is 11.3 Å². The predicted octanol–water partition coefficient (Wildman–Crippen LogP) is 3.46. The number of aromatic nitrogens is 1. The summed E-state index contributed by atoms with van der Waals surface area (Å²) >= 11 is 3.66. The maximum absolute atomic E-state index is 13.3. The lowest BCUT2D eigenvalue weighted by Crippen LogP contribution is -2.52. The minimum Gasteiger partial charge on any atom is -0.309 e. The van der Waals surface area contributed by atoms with Crippen LogP contribution in [0.1, 0.15) is 53.1 Å². The number of nitrogens with zero attached hydrogens (tertiary/aromatic N) is 2. The van der Waals surface area contributed by atoms with E-state index in [9.17, 15) is 4.79 Å². The summed E-state index contributed by atoms with van der Waals surface area (Å²) in [5.74, 6) is 1.21. The summed E-state index contributed by atoms with van der Waals surface area (Å²) in [5, 5.41) is 3.04. The van der Waals surface area contributed by atoms with Crippen LogP contribution < -0.4 is 5.32 Å². The van der Waals surface area contributed by atoms with E-state index < -0.39 is 5.41 Å². The molecule has 0 bridgehead atoms. The first-order valence-corrected chi connectivity index (χ1v) is 9.51. The fourth-order valence-corrected chi connectivity index (χ4v) is 4.94. The predicted molar refractivity (Wildman–Crippen MR) is 100 cm³/mol. The van der Waals surface area contributed by atoms with Gasteiger partial charge >= 0.3 is 0 Å². The van der Waals surface area contributed by atoms with Gasteiger partial charge in [0.05, 0.1) is 0 Å². The molecule has 1 amide bonds. The topological polar surface area (TPSA) is 54.4 Å².